The fourth-order valence-corrected chi connectivity index (χ4v) is 2.39. The van der Waals surface area contributed by atoms with Crippen molar-refractivity contribution < 1.29 is 4.79 Å². The summed E-state index contributed by atoms with van der Waals surface area (Å²) in [5.41, 5.74) is 7.78. The molecule has 1 amide bonds. The van der Waals surface area contributed by atoms with E-state index < -0.39 is 0 Å². The van der Waals surface area contributed by atoms with Gasteiger partial charge in [0.1, 0.15) is 6.04 Å². The number of hydrogen-bond acceptors (Lipinski definition) is 3. The number of aryl methyl sites for hydroxylation is 2. The van der Waals surface area contributed by atoms with Crippen molar-refractivity contribution in [2.45, 2.75) is 39.3 Å². The standard InChI is InChI=1S/C12H20N4O/c1-8-6-9(2)16(14-8)10(3)12(17)15-5-4-11(13)7-15/h6,10-11H,4-5,7,13H2,1-3H3/t10-,11+/m0/s1. The lowest BCUT2D eigenvalue weighted by Crippen LogP contribution is -2.37. The highest BCUT2D eigenvalue weighted by Gasteiger charge is 2.28. The highest BCUT2D eigenvalue weighted by atomic mass is 16.2. The van der Waals surface area contributed by atoms with Gasteiger partial charge in [0.2, 0.25) is 5.91 Å². The van der Waals surface area contributed by atoms with Gasteiger partial charge in [0.15, 0.2) is 0 Å². The summed E-state index contributed by atoms with van der Waals surface area (Å²) in [6.45, 7) is 7.24. The molecule has 94 valence electrons. The van der Waals surface area contributed by atoms with Gasteiger partial charge in [-0.05, 0) is 33.3 Å². The van der Waals surface area contributed by atoms with Crippen molar-refractivity contribution in [2.75, 3.05) is 13.1 Å². The number of aromatic nitrogens is 2. The zero-order chi connectivity index (χ0) is 12.6. The summed E-state index contributed by atoms with van der Waals surface area (Å²) in [5.74, 6) is 0.115. The van der Waals surface area contributed by atoms with E-state index in [9.17, 15) is 4.79 Å². The molecule has 0 spiro atoms. The van der Waals surface area contributed by atoms with Crippen molar-refractivity contribution in [3.05, 3.63) is 17.5 Å². The number of carbonyl (C=O) groups is 1. The molecule has 0 bridgehead atoms. The largest absolute Gasteiger partial charge is 0.339 e. The number of amides is 1. The molecule has 1 aromatic heterocycles. The SMILES string of the molecule is Cc1cc(C)n([C@@H](C)C(=O)N2CC[C@@H](N)C2)n1. The van der Waals surface area contributed by atoms with E-state index in [2.05, 4.69) is 5.10 Å². The van der Waals surface area contributed by atoms with Gasteiger partial charge >= 0.3 is 0 Å². The quantitative estimate of drug-likeness (QED) is 0.818. The fraction of sp³-hybridized carbons (Fsp3) is 0.667. The van der Waals surface area contributed by atoms with E-state index >= 15 is 0 Å². The van der Waals surface area contributed by atoms with Crippen LogP contribution in [-0.2, 0) is 4.79 Å². The number of nitrogens with zero attached hydrogens (tertiary/aromatic N) is 3. The van der Waals surface area contributed by atoms with Crippen LogP contribution in [0.2, 0.25) is 0 Å². The lowest BCUT2D eigenvalue weighted by atomic mass is 10.3. The normalized spacial score (nSPS) is 21.9. The lowest BCUT2D eigenvalue weighted by Gasteiger charge is -2.21. The van der Waals surface area contributed by atoms with E-state index in [-0.39, 0.29) is 18.0 Å². The summed E-state index contributed by atoms with van der Waals surface area (Å²) in [6, 6.07) is 1.88. The third-order valence-electron chi connectivity index (χ3n) is 3.31. The zero-order valence-electron chi connectivity index (χ0n) is 10.7. The zero-order valence-corrected chi connectivity index (χ0v) is 10.7. The highest BCUT2D eigenvalue weighted by molar-refractivity contribution is 5.80. The first kappa shape index (κ1) is 12.1. The third kappa shape index (κ3) is 2.34. The van der Waals surface area contributed by atoms with Crippen molar-refractivity contribution in [3.8, 4) is 0 Å². The Bertz CT molecular complexity index is 426. The van der Waals surface area contributed by atoms with E-state index in [4.69, 9.17) is 5.73 Å². The van der Waals surface area contributed by atoms with E-state index in [0.29, 0.717) is 6.54 Å². The third-order valence-corrected chi connectivity index (χ3v) is 3.31. The van der Waals surface area contributed by atoms with Gasteiger partial charge in [-0.3, -0.25) is 9.48 Å². The maximum atomic E-state index is 12.3. The Morgan fingerprint density at radius 3 is 2.76 bits per heavy atom. The van der Waals surface area contributed by atoms with E-state index in [1.54, 1.807) is 4.68 Å². The molecular weight excluding hydrogens is 216 g/mol. The molecule has 0 unspecified atom stereocenters. The fourth-order valence-electron chi connectivity index (χ4n) is 2.39. The molecule has 1 aliphatic heterocycles. The molecule has 1 saturated heterocycles. The maximum absolute atomic E-state index is 12.3. The van der Waals surface area contributed by atoms with Crippen LogP contribution in [0.15, 0.2) is 6.07 Å². The lowest BCUT2D eigenvalue weighted by molar-refractivity contribution is -0.133. The maximum Gasteiger partial charge on any atom is 0.247 e. The molecule has 2 N–H and O–H groups in total. The summed E-state index contributed by atoms with van der Waals surface area (Å²) in [7, 11) is 0. The minimum absolute atomic E-state index is 0.115. The Labute approximate surface area is 102 Å². The highest BCUT2D eigenvalue weighted by Crippen LogP contribution is 2.17. The predicted octanol–water partition coefficient (Wildman–Crippen LogP) is 0.621. The molecule has 0 aliphatic carbocycles. The Morgan fingerprint density at radius 1 is 1.59 bits per heavy atom. The molecule has 5 heteroatoms. The number of carbonyl (C=O) groups excluding carboxylic acids is 1. The van der Waals surface area contributed by atoms with Crippen LogP contribution in [-0.4, -0.2) is 39.7 Å². The van der Waals surface area contributed by atoms with Gasteiger partial charge in [-0.2, -0.15) is 5.10 Å². The molecule has 2 atom stereocenters. The number of likely N-dealkylation sites (tertiary alicyclic amines) is 1. The van der Waals surface area contributed by atoms with Crippen LogP contribution in [0.1, 0.15) is 30.8 Å². The summed E-state index contributed by atoms with van der Waals surface area (Å²) >= 11 is 0. The van der Waals surface area contributed by atoms with Crippen molar-refractivity contribution in [2.24, 2.45) is 5.73 Å². The molecule has 0 aromatic carbocycles. The van der Waals surface area contributed by atoms with Crippen LogP contribution in [0.3, 0.4) is 0 Å². The summed E-state index contributed by atoms with van der Waals surface area (Å²) in [5, 5.41) is 4.36. The molecule has 0 radical (unpaired) electrons. The smallest absolute Gasteiger partial charge is 0.247 e. The molecule has 2 heterocycles. The van der Waals surface area contributed by atoms with E-state index in [1.165, 1.54) is 0 Å². The summed E-state index contributed by atoms with van der Waals surface area (Å²) < 4.78 is 1.79. The van der Waals surface area contributed by atoms with Crippen molar-refractivity contribution in [1.82, 2.24) is 14.7 Å². The second-order valence-electron chi connectivity index (χ2n) is 4.88. The van der Waals surface area contributed by atoms with Gasteiger partial charge < -0.3 is 10.6 Å². The first-order valence-electron chi connectivity index (χ1n) is 6.06. The molecule has 1 fully saturated rings. The van der Waals surface area contributed by atoms with Crippen LogP contribution >= 0.6 is 0 Å². The molecule has 0 saturated carbocycles. The number of nitrogens with two attached hydrogens (primary N) is 1. The average molecular weight is 236 g/mol. The van der Waals surface area contributed by atoms with Crippen LogP contribution in [0.4, 0.5) is 0 Å². The molecular formula is C12H20N4O. The van der Waals surface area contributed by atoms with Crippen LogP contribution in [0.25, 0.3) is 0 Å². The van der Waals surface area contributed by atoms with Gasteiger partial charge in [-0.25, -0.2) is 0 Å². The first-order chi connectivity index (χ1) is 7.99. The Balaban J connectivity index is 2.12. The second-order valence-corrected chi connectivity index (χ2v) is 4.88. The van der Waals surface area contributed by atoms with Gasteiger partial charge in [0.05, 0.1) is 5.69 Å². The molecule has 17 heavy (non-hydrogen) atoms. The molecule has 1 aliphatic rings. The van der Waals surface area contributed by atoms with Gasteiger partial charge in [0.25, 0.3) is 0 Å². The monoisotopic (exact) mass is 236 g/mol. The Hall–Kier alpha value is -1.36. The van der Waals surface area contributed by atoms with Crippen molar-refractivity contribution in [3.63, 3.8) is 0 Å². The van der Waals surface area contributed by atoms with Gasteiger partial charge in [-0.1, -0.05) is 0 Å². The number of hydrogen-bond donors (Lipinski definition) is 1. The van der Waals surface area contributed by atoms with Crippen molar-refractivity contribution >= 4 is 5.91 Å². The minimum Gasteiger partial charge on any atom is -0.339 e. The van der Waals surface area contributed by atoms with Crippen LogP contribution in [0, 0.1) is 13.8 Å². The van der Waals surface area contributed by atoms with Crippen molar-refractivity contribution in [1.29, 1.82) is 0 Å². The summed E-state index contributed by atoms with van der Waals surface area (Å²) in [6.07, 6.45) is 0.898. The van der Waals surface area contributed by atoms with E-state index in [0.717, 1.165) is 24.4 Å². The number of rotatable bonds is 2. The Kier molecular flexibility index (Phi) is 3.19. The topological polar surface area (TPSA) is 64.2 Å². The molecule has 2 rings (SSSR count). The minimum atomic E-state index is -0.242. The second kappa shape index (κ2) is 4.49. The van der Waals surface area contributed by atoms with Gasteiger partial charge in [-0.15, -0.1) is 0 Å². The molecule has 1 aromatic rings. The molecule has 5 nitrogen and oxygen atoms in total. The van der Waals surface area contributed by atoms with Crippen LogP contribution in [0.5, 0.6) is 0 Å². The summed E-state index contributed by atoms with van der Waals surface area (Å²) in [4.78, 5) is 14.1. The van der Waals surface area contributed by atoms with E-state index in [1.807, 2.05) is 31.7 Å². The predicted molar refractivity (Wildman–Crippen MR) is 65.6 cm³/mol. The average Bonchev–Trinajstić information content (AvgIpc) is 2.83. The first-order valence-corrected chi connectivity index (χ1v) is 6.06. The van der Waals surface area contributed by atoms with Crippen LogP contribution < -0.4 is 5.73 Å². The van der Waals surface area contributed by atoms with Gasteiger partial charge in [0, 0.05) is 24.8 Å². The Morgan fingerprint density at radius 2 is 2.29 bits per heavy atom.